The highest BCUT2D eigenvalue weighted by atomic mass is 31.2. The Kier molecular flexibility index (Phi) is 8.69. The lowest BCUT2D eigenvalue weighted by molar-refractivity contribution is 0.173. The normalized spacial score (nSPS) is 13.4. The molecule has 4 rings (SSSR count). The van der Waals surface area contributed by atoms with E-state index < -0.39 is 13.4 Å². The van der Waals surface area contributed by atoms with Crippen molar-refractivity contribution < 1.29 is 23.1 Å². The van der Waals surface area contributed by atoms with Crippen molar-refractivity contribution in [1.29, 1.82) is 0 Å². The summed E-state index contributed by atoms with van der Waals surface area (Å²) in [7, 11) is -3.84. The molecule has 0 fully saturated rings. The Balaban J connectivity index is 1.67. The lowest BCUT2D eigenvalue weighted by Gasteiger charge is -2.29. The molecule has 0 aliphatic carbocycles. The molecule has 4 aromatic rings. The Morgan fingerprint density at radius 3 is 1.80 bits per heavy atom. The van der Waals surface area contributed by atoms with Gasteiger partial charge in [0.1, 0.15) is 18.1 Å². The molecule has 3 aromatic carbocycles. The van der Waals surface area contributed by atoms with Gasteiger partial charge in [-0.25, -0.2) is 0 Å². The molecule has 2 atom stereocenters. The van der Waals surface area contributed by atoms with E-state index in [1.165, 1.54) is 0 Å². The third-order valence-electron chi connectivity index (χ3n) is 5.64. The summed E-state index contributed by atoms with van der Waals surface area (Å²) in [5, 5.41) is 13.0. The van der Waals surface area contributed by atoms with E-state index in [1.54, 1.807) is 12.1 Å². The molecule has 1 aromatic heterocycles. The number of benzene rings is 3. The van der Waals surface area contributed by atoms with Crippen molar-refractivity contribution in [2.24, 2.45) is 0 Å². The molecule has 0 saturated heterocycles. The number of furan rings is 1. The maximum absolute atomic E-state index is 14.5. The number of hydrogen-bond donors (Lipinski definition) is 2. The van der Waals surface area contributed by atoms with Crippen molar-refractivity contribution in [3.05, 3.63) is 131 Å². The van der Waals surface area contributed by atoms with Gasteiger partial charge in [0.2, 0.25) is 0 Å². The van der Waals surface area contributed by atoms with Crippen molar-refractivity contribution >= 4 is 7.60 Å². The Labute approximate surface area is 206 Å². The van der Waals surface area contributed by atoms with E-state index in [2.05, 4.69) is 5.32 Å². The van der Waals surface area contributed by atoms with Gasteiger partial charge in [0.25, 0.3) is 0 Å². The van der Waals surface area contributed by atoms with Gasteiger partial charge in [0, 0.05) is 6.04 Å². The van der Waals surface area contributed by atoms with Crippen molar-refractivity contribution in [3.8, 4) is 0 Å². The summed E-state index contributed by atoms with van der Waals surface area (Å²) in [5.41, 5.74) is 2.77. The minimum absolute atomic E-state index is 0.109. The van der Waals surface area contributed by atoms with Gasteiger partial charge in [0.05, 0.1) is 13.2 Å². The van der Waals surface area contributed by atoms with Crippen LogP contribution in [0.15, 0.2) is 108 Å². The van der Waals surface area contributed by atoms with E-state index in [4.69, 9.17) is 13.5 Å². The number of rotatable bonds is 12. The fourth-order valence-electron chi connectivity index (χ4n) is 3.69. The van der Waals surface area contributed by atoms with Gasteiger partial charge in [0.15, 0.2) is 5.78 Å². The fraction of sp³-hybridized carbons (Fsp3) is 0.214. The zero-order chi connectivity index (χ0) is 24.5. The number of aliphatic hydroxyl groups excluding tert-OH is 1. The molecular weight excluding hydrogens is 461 g/mol. The van der Waals surface area contributed by atoms with Crippen LogP contribution >= 0.6 is 7.60 Å². The van der Waals surface area contributed by atoms with Gasteiger partial charge >= 0.3 is 7.60 Å². The minimum atomic E-state index is -3.84. The van der Waals surface area contributed by atoms with Crippen LogP contribution in [0.5, 0.6) is 0 Å². The van der Waals surface area contributed by atoms with Crippen LogP contribution in [0.4, 0.5) is 0 Å². The van der Waals surface area contributed by atoms with Crippen molar-refractivity contribution in [2.75, 3.05) is 0 Å². The quantitative estimate of drug-likeness (QED) is 0.213. The average molecular weight is 492 g/mol. The lowest BCUT2D eigenvalue weighted by Crippen LogP contribution is -2.26. The number of hydrogen-bond acceptors (Lipinski definition) is 6. The minimum Gasteiger partial charge on any atom is -0.461 e. The molecule has 0 amide bonds. The van der Waals surface area contributed by atoms with E-state index in [0.717, 1.165) is 16.7 Å². The van der Waals surface area contributed by atoms with Gasteiger partial charge in [-0.15, -0.1) is 0 Å². The summed E-state index contributed by atoms with van der Waals surface area (Å²) in [6.45, 7) is 1.94. The predicted molar refractivity (Wildman–Crippen MR) is 135 cm³/mol. The van der Waals surface area contributed by atoms with Crippen molar-refractivity contribution in [3.63, 3.8) is 0 Å². The largest absolute Gasteiger partial charge is 0.461 e. The maximum atomic E-state index is 14.5. The third kappa shape index (κ3) is 6.79. The van der Waals surface area contributed by atoms with E-state index in [9.17, 15) is 9.67 Å². The monoisotopic (exact) mass is 491 g/mol. The highest BCUT2D eigenvalue weighted by molar-refractivity contribution is 7.54. The zero-order valence-electron chi connectivity index (χ0n) is 19.6. The van der Waals surface area contributed by atoms with E-state index in [-0.39, 0.29) is 25.9 Å². The van der Waals surface area contributed by atoms with Crippen LogP contribution in [0.3, 0.4) is 0 Å². The first-order chi connectivity index (χ1) is 17.1. The first-order valence-electron chi connectivity index (χ1n) is 11.5. The highest BCUT2D eigenvalue weighted by Crippen LogP contribution is 2.61. The standard InChI is InChI=1S/C28H30NO5P/c1-22(25-15-9-4-10-16-25)29-28(27-18-17-26(19-30)34-27)35(31,32-20-23-11-5-2-6-12-23)33-21-24-13-7-3-8-14-24/h2-18,22,28-30H,19-21H2,1H3/t22-,28-/m1/s1. The summed E-state index contributed by atoms with van der Waals surface area (Å²) in [4.78, 5) is 0. The van der Waals surface area contributed by atoms with Crippen LogP contribution in [0.25, 0.3) is 0 Å². The second-order valence-corrected chi connectivity index (χ2v) is 10.3. The Hall–Kier alpha value is -2.99. The van der Waals surface area contributed by atoms with E-state index >= 15 is 0 Å². The molecule has 35 heavy (non-hydrogen) atoms. The second kappa shape index (κ2) is 12.1. The molecule has 0 unspecified atom stereocenters. The lowest BCUT2D eigenvalue weighted by atomic mass is 10.1. The fourth-order valence-corrected chi connectivity index (χ4v) is 5.58. The first-order valence-corrected chi connectivity index (χ1v) is 13.2. The molecule has 0 radical (unpaired) electrons. The zero-order valence-corrected chi connectivity index (χ0v) is 20.5. The van der Waals surface area contributed by atoms with Gasteiger partial charge in [-0.05, 0) is 35.7 Å². The van der Waals surface area contributed by atoms with Crippen LogP contribution in [-0.4, -0.2) is 5.11 Å². The molecule has 0 aliphatic heterocycles. The summed E-state index contributed by atoms with van der Waals surface area (Å²) in [6.07, 6.45) is 0. The van der Waals surface area contributed by atoms with Gasteiger partial charge < -0.3 is 18.6 Å². The third-order valence-corrected chi connectivity index (χ3v) is 7.65. The van der Waals surface area contributed by atoms with Gasteiger partial charge in [-0.1, -0.05) is 91.0 Å². The van der Waals surface area contributed by atoms with Gasteiger partial charge in [-0.2, -0.15) is 0 Å². The summed E-state index contributed by atoms with van der Waals surface area (Å²) in [6, 6.07) is 32.1. The molecular formula is C28H30NO5P. The molecule has 2 N–H and O–H groups in total. The Bertz CT molecular complexity index is 1170. The van der Waals surface area contributed by atoms with Gasteiger partial charge in [-0.3, -0.25) is 9.88 Å². The molecule has 0 bridgehead atoms. The van der Waals surface area contributed by atoms with Crippen LogP contribution in [-0.2, 0) is 33.4 Å². The van der Waals surface area contributed by atoms with E-state index in [0.29, 0.717) is 11.5 Å². The highest BCUT2D eigenvalue weighted by Gasteiger charge is 2.41. The van der Waals surface area contributed by atoms with Crippen molar-refractivity contribution in [1.82, 2.24) is 5.32 Å². The second-order valence-electron chi connectivity index (χ2n) is 8.22. The maximum Gasteiger partial charge on any atom is 0.355 e. The molecule has 0 spiro atoms. The number of aliphatic hydroxyl groups is 1. The van der Waals surface area contributed by atoms with Crippen LogP contribution in [0, 0.1) is 0 Å². The van der Waals surface area contributed by atoms with Crippen LogP contribution < -0.4 is 5.32 Å². The topological polar surface area (TPSA) is 80.9 Å². The molecule has 182 valence electrons. The van der Waals surface area contributed by atoms with E-state index in [1.807, 2.05) is 97.9 Å². The summed E-state index contributed by atoms with van der Waals surface area (Å²) in [5.74, 6) is -0.149. The molecule has 0 saturated carbocycles. The molecule has 6 nitrogen and oxygen atoms in total. The predicted octanol–water partition coefficient (Wildman–Crippen LogP) is 6.75. The van der Waals surface area contributed by atoms with Crippen LogP contribution in [0.1, 0.15) is 47.0 Å². The smallest absolute Gasteiger partial charge is 0.355 e. The first kappa shape index (κ1) is 25.1. The van der Waals surface area contributed by atoms with Crippen LogP contribution in [0.2, 0.25) is 0 Å². The Morgan fingerprint density at radius 2 is 1.31 bits per heavy atom. The summed E-state index contributed by atoms with van der Waals surface area (Å²) < 4.78 is 32.5. The molecule has 7 heteroatoms. The van der Waals surface area contributed by atoms with Crippen molar-refractivity contribution in [2.45, 2.75) is 38.6 Å². The number of nitrogens with one attached hydrogen (secondary N) is 1. The average Bonchev–Trinajstić information content (AvgIpc) is 3.40. The molecule has 0 aliphatic rings. The molecule has 1 heterocycles. The Morgan fingerprint density at radius 1 is 0.800 bits per heavy atom. The summed E-state index contributed by atoms with van der Waals surface area (Å²) >= 11 is 0. The SMILES string of the molecule is C[C@@H](N[C@@H](c1ccc(CO)o1)P(=O)(OCc1ccccc1)OCc1ccccc1)c1ccccc1.